The lowest BCUT2D eigenvalue weighted by Gasteiger charge is -2.51. The van der Waals surface area contributed by atoms with Crippen molar-refractivity contribution in [3.05, 3.63) is 23.8 Å². The Morgan fingerprint density at radius 1 is 1.22 bits per heavy atom. The van der Waals surface area contributed by atoms with Crippen LogP contribution in [0.4, 0.5) is 14.6 Å². The minimum Gasteiger partial charge on any atom is -0.381 e. The SMILES string of the molecule is CN1CCC(OC2C(F)CNC3(CCCCCCC3)C2NC(=O)c2c(N)nn3cc(F)cnc23)CC1. The summed E-state index contributed by atoms with van der Waals surface area (Å²) < 4.78 is 36.9. The van der Waals surface area contributed by atoms with Crippen molar-refractivity contribution in [3.63, 3.8) is 0 Å². The van der Waals surface area contributed by atoms with E-state index in [0.29, 0.717) is 0 Å². The first-order valence-electron chi connectivity index (χ1n) is 13.2. The van der Waals surface area contributed by atoms with Crippen molar-refractivity contribution in [1.82, 2.24) is 30.1 Å². The van der Waals surface area contributed by atoms with Crippen LogP contribution in [0.15, 0.2) is 12.4 Å². The Bertz CT molecular complexity index is 1060. The van der Waals surface area contributed by atoms with Crippen LogP contribution in [0, 0.1) is 5.82 Å². The Kier molecular flexibility index (Phi) is 7.41. The number of halogens is 2. The first-order chi connectivity index (χ1) is 17.4. The van der Waals surface area contributed by atoms with E-state index in [4.69, 9.17) is 10.5 Å². The molecule has 1 aliphatic carbocycles. The summed E-state index contributed by atoms with van der Waals surface area (Å²) in [6.45, 7) is 2.00. The second kappa shape index (κ2) is 10.5. The van der Waals surface area contributed by atoms with E-state index in [9.17, 15) is 9.18 Å². The van der Waals surface area contributed by atoms with Gasteiger partial charge in [-0.3, -0.25) is 4.79 Å². The fourth-order valence-electron chi connectivity index (χ4n) is 6.16. The average Bonchev–Trinajstić information content (AvgIpc) is 3.16. The van der Waals surface area contributed by atoms with Gasteiger partial charge in [0.2, 0.25) is 0 Å². The zero-order valence-corrected chi connectivity index (χ0v) is 20.9. The minimum absolute atomic E-state index is 0.0503. The summed E-state index contributed by atoms with van der Waals surface area (Å²) in [5.74, 6) is -1.14. The maximum Gasteiger partial charge on any atom is 0.259 e. The van der Waals surface area contributed by atoms with Gasteiger partial charge in [0.1, 0.15) is 17.8 Å². The highest BCUT2D eigenvalue weighted by molar-refractivity contribution is 6.04. The van der Waals surface area contributed by atoms with Gasteiger partial charge in [0, 0.05) is 25.2 Å². The fourth-order valence-corrected chi connectivity index (χ4v) is 6.16. The molecule has 1 saturated carbocycles. The number of alkyl halides is 1. The highest BCUT2D eigenvalue weighted by Crippen LogP contribution is 2.37. The molecule has 3 unspecified atom stereocenters. The molecule has 0 aromatic carbocycles. The molecule has 1 spiro atoms. The van der Waals surface area contributed by atoms with E-state index in [1.54, 1.807) is 0 Å². The number of nitrogens with zero attached hydrogens (tertiary/aromatic N) is 4. The van der Waals surface area contributed by atoms with E-state index in [0.717, 1.165) is 81.4 Å². The molecule has 3 fully saturated rings. The van der Waals surface area contributed by atoms with E-state index in [2.05, 4.69) is 32.7 Å². The molecule has 2 aromatic heterocycles. The molecule has 1 amide bonds. The van der Waals surface area contributed by atoms with Gasteiger partial charge < -0.3 is 26.0 Å². The molecule has 4 heterocycles. The number of carbonyl (C=O) groups excluding carboxylic acids is 1. The van der Waals surface area contributed by atoms with Crippen molar-refractivity contribution in [2.75, 3.05) is 32.4 Å². The second-order valence-electron chi connectivity index (χ2n) is 10.7. The van der Waals surface area contributed by atoms with Crippen molar-refractivity contribution < 1.29 is 18.3 Å². The molecule has 0 bridgehead atoms. The summed E-state index contributed by atoms with van der Waals surface area (Å²) in [7, 11) is 2.08. The molecule has 2 aromatic rings. The van der Waals surface area contributed by atoms with Crippen LogP contribution >= 0.6 is 0 Å². The number of aromatic nitrogens is 3. The van der Waals surface area contributed by atoms with Gasteiger partial charge in [-0.1, -0.05) is 32.1 Å². The predicted octanol–water partition coefficient (Wildman–Crippen LogP) is 2.45. The molecule has 198 valence electrons. The second-order valence-corrected chi connectivity index (χ2v) is 10.7. The zero-order chi connectivity index (χ0) is 25.3. The maximum atomic E-state index is 15.6. The van der Waals surface area contributed by atoms with Gasteiger partial charge in [0.25, 0.3) is 5.91 Å². The number of fused-ring (bicyclic) bond motifs is 1. The monoisotopic (exact) mass is 505 g/mol. The highest BCUT2D eigenvalue weighted by atomic mass is 19.1. The van der Waals surface area contributed by atoms with E-state index in [-0.39, 0.29) is 29.7 Å². The molecule has 3 atom stereocenters. The Labute approximate surface area is 210 Å². The number of nitrogens with two attached hydrogens (primary N) is 1. The predicted molar refractivity (Wildman–Crippen MR) is 132 cm³/mol. The number of ether oxygens (including phenoxy) is 1. The number of carbonyl (C=O) groups is 1. The van der Waals surface area contributed by atoms with Crippen LogP contribution in [0.25, 0.3) is 5.65 Å². The fraction of sp³-hybridized carbons (Fsp3) is 0.720. The summed E-state index contributed by atoms with van der Waals surface area (Å²) >= 11 is 0. The molecule has 0 radical (unpaired) electrons. The van der Waals surface area contributed by atoms with Gasteiger partial charge in [-0.25, -0.2) is 18.3 Å². The summed E-state index contributed by atoms with van der Waals surface area (Å²) in [6, 6.07) is -0.596. The third kappa shape index (κ3) is 5.05. The van der Waals surface area contributed by atoms with Crippen LogP contribution in [-0.2, 0) is 4.74 Å². The number of anilines is 1. The highest BCUT2D eigenvalue weighted by Gasteiger charge is 2.51. The molecular weight excluding hydrogens is 468 g/mol. The minimum atomic E-state index is -1.26. The van der Waals surface area contributed by atoms with Gasteiger partial charge in [-0.15, -0.1) is 5.10 Å². The lowest BCUT2D eigenvalue weighted by molar-refractivity contribution is -0.117. The lowest BCUT2D eigenvalue weighted by atomic mass is 9.73. The Balaban J connectivity index is 1.47. The van der Waals surface area contributed by atoms with Gasteiger partial charge in [-0.2, -0.15) is 0 Å². The van der Waals surface area contributed by atoms with Crippen LogP contribution in [0.1, 0.15) is 68.1 Å². The lowest BCUT2D eigenvalue weighted by Crippen LogP contribution is -2.73. The quantitative estimate of drug-likeness (QED) is 0.586. The van der Waals surface area contributed by atoms with Gasteiger partial charge in [0.15, 0.2) is 17.3 Å². The van der Waals surface area contributed by atoms with E-state index < -0.39 is 35.6 Å². The summed E-state index contributed by atoms with van der Waals surface area (Å²) in [6.07, 6.45) is 8.76. The first kappa shape index (κ1) is 25.3. The Morgan fingerprint density at radius 2 is 1.92 bits per heavy atom. The van der Waals surface area contributed by atoms with Crippen LogP contribution in [0.3, 0.4) is 0 Å². The number of hydrogen-bond donors (Lipinski definition) is 3. The molecule has 2 saturated heterocycles. The molecule has 11 heteroatoms. The molecule has 3 aliphatic rings. The number of amides is 1. The smallest absolute Gasteiger partial charge is 0.259 e. The Hall–Kier alpha value is -2.37. The summed E-state index contributed by atoms with van der Waals surface area (Å²) in [4.78, 5) is 20.0. The third-order valence-electron chi connectivity index (χ3n) is 8.17. The van der Waals surface area contributed by atoms with Crippen LogP contribution in [0.2, 0.25) is 0 Å². The molecule has 9 nitrogen and oxygen atoms in total. The number of hydrogen-bond acceptors (Lipinski definition) is 7. The topological polar surface area (TPSA) is 110 Å². The zero-order valence-electron chi connectivity index (χ0n) is 20.9. The normalized spacial score (nSPS) is 28.1. The Morgan fingerprint density at radius 3 is 2.64 bits per heavy atom. The van der Waals surface area contributed by atoms with Crippen molar-refractivity contribution in [1.29, 1.82) is 0 Å². The van der Waals surface area contributed by atoms with Crippen LogP contribution in [-0.4, -0.2) is 82.0 Å². The molecule has 4 N–H and O–H groups in total. The van der Waals surface area contributed by atoms with Crippen LogP contribution < -0.4 is 16.4 Å². The molecular formula is C25H37F2N7O2. The van der Waals surface area contributed by atoms with Crippen molar-refractivity contribution in [3.8, 4) is 0 Å². The van der Waals surface area contributed by atoms with Crippen molar-refractivity contribution >= 4 is 17.4 Å². The number of rotatable bonds is 4. The largest absolute Gasteiger partial charge is 0.381 e. The number of nitrogen functional groups attached to an aromatic ring is 1. The van der Waals surface area contributed by atoms with Crippen molar-refractivity contribution in [2.24, 2.45) is 0 Å². The molecule has 2 aliphatic heterocycles. The van der Waals surface area contributed by atoms with E-state index in [1.807, 2.05) is 0 Å². The maximum absolute atomic E-state index is 15.6. The van der Waals surface area contributed by atoms with Crippen molar-refractivity contribution in [2.45, 2.75) is 87.7 Å². The van der Waals surface area contributed by atoms with Gasteiger partial charge in [-0.05, 0) is 32.7 Å². The first-order valence-corrected chi connectivity index (χ1v) is 13.2. The van der Waals surface area contributed by atoms with Gasteiger partial charge in [0.05, 0.1) is 24.5 Å². The molecule has 5 rings (SSSR count). The molecule has 36 heavy (non-hydrogen) atoms. The van der Waals surface area contributed by atoms with Gasteiger partial charge >= 0.3 is 0 Å². The van der Waals surface area contributed by atoms with E-state index >= 15 is 4.39 Å². The van der Waals surface area contributed by atoms with E-state index in [1.165, 1.54) is 6.42 Å². The summed E-state index contributed by atoms with van der Waals surface area (Å²) in [5, 5.41) is 10.7. The number of nitrogens with one attached hydrogen (secondary N) is 2. The average molecular weight is 506 g/mol. The third-order valence-corrected chi connectivity index (χ3v) is 8.17. The summed E-state index contributed by atoms with van der Waals surface area (Å²) in [5.41, 5.74) is 5.81. The number of piperidine rings is 2. The number of likely N-dealkylation sites (tertiary alicyclic amines) is 1. The van der Waals surface area contributed by atoms with Crippen LogP contribution in [0.5, 0.6) is 0 Å². The standard InChI is InChI=1S/C25H37F2N7O2/c1-33-11-7-17(8-12-33)36-20-18(27)14-30-25(9-5-3-2-4-6-10-25)21(20)31-24(35)19-22(28)32-34-15-16(26)13-29-23(19)34/h13,15,17-18,20-21,30H,2-12,14H2,1H3,(H2,28,32)(H,31,35).